The fourth-order valence-corrected chi connectivity index (χ4v) is 3.14. The van der Waals surface area contributed by atoms with Crippen LogP contribution in [0.5, 0.6) is 0 Å². The van der Waals surface area contributed by atoms with E-state index in [1.165, 1.54) is 0 Å². The number of benzene rings is 1. The molecule has 6 nitrogen and oxygen atoms in total. The van der Waals surface area contributed by atoms with Crippen LogP contribution in [-0.4, -0.2) is 52.6 Å². The molecule has 0 aliphatic carbocycles. The summed E-state index contributed by atoms with van der Waals surface area (Å²) in [6.07, 6.45) is 2.73. The molecule has 24 heavy (non-hydrogen) atoms. The van der Waals surface area contributed by atoms with Gasteiger partial charge < -0.3 is 14.4 Å². The summed E-state index contributed by atoms with van der Waals surface area (Å²) in [6.45, 7) is 4.40. The molecule has 1 fully saturated rings. The summed E-state index contributed by atoms with van der Waals surface area (Å²) in [5.74, 6) is 1.25. The highest BCUT2D eigenvalue weighted by Gasteiger charge is 2.30. The number of hydrogen-bond acceptors (Lipinski definition) is 6. The lowest BCUT2D eigenvalue weighted by atomic mass is 10.0. The fraction of sp³-hybridized carbons (Fsp3) is 0.556. The predicted octanol–water partition coefficient (Wildman–Crippen LogP) is 2.66. The van der Waals surface area contributed by atoms with Crippen molar-refractivity contribution in [1.29, 1.82) is 0 Å². The molecular weight excluding hydrogens is 306 g/mol. The summed E-state index contributed by atoms with van der Waals surface area (Å²) in [6, 6.07) is 9.90. The zero-order chi connectivity index (χ0) is 16.8. The molecular formula is C18H25N3O3. The average molecular weight is 331 g/mol. The van der Waals surface area contributed by atoms with Gasteiger partial charge in [-0.05, 0) is 26.3 Å². The molecule has 2 atom stereocenters. The minimum Gasteiger partial charge on any atom is -0.389 e. The largest absolute Gasteiger partial charge is 0.389 e. The van der Waals surface area contributed by atoms with Crippen molar-refractivity contribution in [1.82, 2.24) is 15.0 Å². The lowest BCUT2D eigenvalue weighted by Gasteiger charge is -2.34. The van der Waals surface area contributed by atoms with E-state index in [0.717, 1.165) is 31.4 Å². The van der Waals surface area contributed by atoms with Crippen molar-refractivity contribution in [3.8, 4) is 11.4 Å². The molecule has 0 saturated carbocycles. The highest BCUT2D eigenvalue weighted by molar-refractivity contribution is 5.53. The standard InChI is InChI=1S/C18H25N3O3/c1-2-23-13-15(22)12-21-11-7-6-10-16(21)18-19-17(20-24-18)14-8-4-3-5-9-14/h3-5,8-9,15-16,22H,2,6-7,10-13H2,1H3. The van der Waals surface area contributed by atoms with Crippen LogP contribution in [0.2, 0.25) is 0 Å². The Kier molecular flexibility index (Phi) is 5.96. The monoisotopic (exact) mass is 331 g/mol. The topological polar surface area (TPSA) is 71.6 Å². The van der Waals surface area contributed by atoms with Crippen LogP contribution in [0.25, 0.3) is 11.4 Å². The van der Waals surface area contributed by atoms with E-state index in [-0.39, 0.29) is 6.04 Å². The number of hydrogen-bond donors (Lipinski definition) is 1. The number of piperidine rings is 1. The van der Waals surface area contributed by atoms with Gasteiger partial charge in [0.1, 0.15) is 0 Å². The van der Waals surface area contributed by atoms with Crippen molar-refractivity contribution in [3.63, 3.8) is 0 Å². The van der Waals surface area contributed by atoms with Gasteiger partial charge in [0.2, 0.25) is 11.7 Å². The predicted molar refractivity (Wildman–Crippen MR) is 90.4 cm³/mol. The van der Waals surface area contributed by atoms with Gasteiger partial charge in [0.25, 0.3) is 0 Å². The molecule has 0 radical (unpaired) electrons. The Balaban J connectivity index is 1.70. The van der Waals surface area contributed by atoms with Crippen LogP contribution in [0.15, 0.2) is 34.9 Å². The van der Waals surface area contributed by atoms with Gasteiger partial charge in [-0.3, -0.25) is 4.90 Å². The van der Waals surface area contributed by atoms with E-state index in [0.29, 0.717) is 31.5 Å². The number of nitrogens with zero attached hydrogens (tertiary/aromatic N) is 3. The minimum atomic E-state index is -0.498. The molecule has 1 N–H and O–H groups in total. The van der Waals surface area contributed by atoms with Gasteiger partial charge in [-0.25, -0.2) is 0 Å². The molecule has 1 aliphatic heterocycles. The van der Waals surface area contributed by atoms with Gasteiger partial charge >= 0.3 is 0 Å². The van der Waals surface area contributed by atoms with Crippen molar-refractivity contribution < 1.29 is 14.4 Å². The smallest absolute Gasteiger partial charge is 0.244 e. The zero-order valence-electron chi connectivity index (χ0n) is 14.1. The summed E-state index contributed by atoms with van der Waals surface area (Å²) in [4.78, 5) is 6.82. The Labute approximate surface area is 142 Å². The number of aliphatic hydroxyl groups excluding tert-OH is 1. The van der Waals surface area contributed by atoms with Crippen LogP contribution >= 0.6 is 0 Å². The van der Waals surface area contributed by atoms with Crippen LogP contribution < -0.4 is 0 Å². The van der Waals surface area contributed by atoms with Crippen LogP contribution in [0.3, 0.4) is 0 Å². The number of likely N-dealkylation sites (tertiary alicyclic amines) is 1. The van der Waals surface area contributed by atoms with Gasteiger partial charge in [-0.2, -0.15) is 4.98 Å². The zero-order valence-corrected chi connectivity index (χ0v) is 14.1. The lowest BCUT2D eigenvalue weighted by Crippen LogP contribution is -2.40. The molecule has 0 spiro atoms. The number of rotatable bonds is 7. The van der Waals surface area contributed by atoms with Gasteiger partial charge in [0, 0.05) is 18.7 Å². The maximum atomic E-state index is 10.1. The SMILES string of the molecule is CCOCC(O)CN1CCCCC1c1nc(-c2ccccc2)no1. The quantitative estimate of drug-likeness (QED) is 0.841. The summed E-state index contributed by atoms with van der Waals surface area (Å²) < 4.78 is 10.8. The van der Waals surface area contributed by atoms with Crippen LogP contribution in [0.1, 0.15) is 38.1 Å². The molecule has 0 bridgehead atoms. The molecule has 130 valence electrons. The minimum absolute atomic E-state index is 0.0694. The van der Waals surface area contributed by atoms with Crippen molar-refractivity contribution in [2.24, 2.45) is 0 Å². The molecule has 1 aromatic heterocycles. The maximum Gasteiger partial charge on any atom is 0.244 e. The second kappa shape index (κ2) is 8.37. The van der Waals surface area contributed by atoms with E-state index in [4.69, 9.17) is 9.26 Å². The highest BCUT2D eigenvalue weighted by Crippen LogP contribution is 2.31. The number of β-amino-alcohol motifs (C(OH)–C–C–N with tert-alkyl or cyclic N) is 1. The normalized spacial score (nSPS) is 20.2. The van der Waals surface area contributed by atoms with Crippen LogP contribution in [0.4, 0.5) is 0 Å². The fourth-order valence-electron chi connectivity index (χ4n) is 3.14. The average Bonchev–Trinajstić information content (AvgIpc) is 3.11. The van der Waals surface area contributed by atoms with Gasteiger partial charge in [0.15, 0.2) is 0 Å². The summed E-state index contributed by atoms with van der Waals surface area (Å²) in [5.41, 5.74) is 0.950. The van der Waals surface area contributed by atoms with E-state index in [9.17, 15) is 5.11 Å². The van der Waals surface area contributed by atoms with Gasteiger partial charge in [-0.1, -0.05) is 41.9 Å². The lowest BCUT2D eigenvalue weighted by molar-refractivity contribution is 0.000718. The van der Waals surface area contributed by atoms with Crippen molar-refractivity contribution in [2.45, 2.75) is 38.3 Å². The van der Waals surface area contributed by atoms with Crippen LogP contribution in [-0.2, 0) is 4.74 Å². The van der Waals surface area contributed by atoms with E-state index < -0.39 is 6.10 Å². The van der Waals surface area contributed by atoms with Crippen molar-refractivity contribution in [2.75, 3.05) is 26.3 Å². The highest BCUT2D eigenvalue weighted by atomic mass is 16.5. The first-order valence-corrected chi connectivity index (χ1v) is 8.66. The molecule has 2 unspecified atom stereocenters. The first-order chi connectivity index (χ1) is 11.8. The first kappa shape index (κ1) is 17.1. The summed E-state index contributed by atoms with van der Waals surface area (Å²) >= 11 is 0. The molecule has 1 aromatic carbocycles. The van der Waals surface area contributed by atoms with Gasteiger partial charge in [0.05, 0.1) is 18.8 Å². The Morgan fingerprint density at radius 2 is 2.17 bits per heavy atom. The summed E-state index contributed by atoms with van der Waals surface area (Å²) in [5, 5.41) is 14.3. The molecule has 2 aromatic rings. The van der Waals surface area contributed by atoms with E-state index in [1.54, 1.807) is 0 Å². The van der Waals surface area contributed by atoms with Crippen molar-refractivity contribution >= 4 is 0 Å². The Hall–Kier alpha value is -1.76. The maximum absolute atomic E-state index is 10.1. The molecule has 0 amide bonds. The van der Waals surface area contributed by atoms with E-state index in [1.807, 2.05) is 37.3 Å². The Bertz CT molecular complexity index is 617. The van der Waals surface area contributed by atoms with Crippen molar-refractivity contribution in [3.05, 3.63) is 36.2 Å². The molecule has 2 heterocycles. The molecule has 1 aliphatic rings. The molecule has 3 rings (SSSR count). The van der Waals surface area contributed by atoms with Gasteiger partial charge in [-0.15, -0.1) is 0 Å². The van der Waals surface area contributed by atoms with E-state index >= 15 is 0 Å². The third-order valence-electron chi connectivity index (χ3n) is 4.33. The van der Waals surface area contributed by atoms with E-state index in [2.05, 4.69) is 15.0 Å². The number of aliphatic hydroxyl groups is 1. The number of ether oxygens (including phenoxy) is 1. The molecule has 1 saturated heterocycles. The summed E-state index contributed by atoms with van der Waals surface area (Å²) in [7, 11) is 0. The Morgan fingerprint density at radius 1 is 1.33 bits per heavy atom. The second-order valence-electron chi connectivity index (χ2n) is 6.14. The third-order valence-corrected chi connectivity index (χ3v) is 4.33. The second-order valence-corrected chi connectivity index (χ2v) is 6.14. The Morgan fingerprint density at radius 3 is 2.96 bits per heavy atom. The molecule has 6 heteroatoms. The third kappa shape index (κ3) is 4.20. The first-order valence-electron chi connectivity index (χ1n) is 8.66. The van der Waals surface area contributed by atoms with Crippen LogP contribution in [0, 0.1) is 0 Å². The number of aromatic nitrogens is 2.